The number of benzene rings is 2. The lowest BCUT2D eigenvalue weighted by atomic mass is 10.0. The van der Waals surface area contributed by atoms with Crippen molar-refractivity contribution < 1.29 is 14.3 Å². The van der Waals surface area contributed by atoms with Gasteiger partial charge >= 0.3 is 0 Å². The van der Waals surface area contributed by atoms with E-state index in [1.54, 1.807) is 0 Å². The molecule has 0 radical (unpaired) electrons. The lowest BCUT2D eigenvalue weighted by Gasteiger charge is -2.25. The number of halogens is 1. The molecule has 0 aromatic heterocycles. The zero-order chi connectivity index (χ0) is 19.8. The summed E-state index contributed by atoms with van der Waals surface area (Å²) in [5.41, 5.74) is 2.85. The number of hydrogen-bond acceptors (Lipinski definition) is 4. The SMILES string of the molecule is Cc1ccccc1OCCCC(=O)Nc1ccc(CNC(=O)C2CNC2)cc1.Cl. The summed E-state index contributed by atoms with van der Waals surface area (Å²) in [4.78, 5) is 23.9. The number of carbonyl (C=O) groups is 2. The van der Waals surface area contributed by atoms with E-state index < -0.39 is 0 Å². The number of para-hydroxylation sites is 1. The predicted molar refractivity (Wildman–Crippen MR) is 116 cm³/mol. The van der Waals surface area contributed by atoms with Crippen molar-refractivity contribution in [3.8, 4) is 5.75 Å². The molecule has 2 amide bonds. The van der Waals surface area contributed by atoms with Crippen LogP contribution in [0.25, 0.3) is 0 Å². The first-order chi connectivity index (χ1) is 13.6. The van der Waals surface area contributed by atoms with Crippen molar-refractivity contribution in [2.75, 3.05) is 25.0 Å². The average molecular weight is 418 g/mol. The van der Waals surface area contributed by atoms with Gasteiger partial charge in [0.2, 0.25) is 11.8 Å². The van der Waals surface area contributed by atoms with Crippen molar-refractivity contribution in [3.05, 3.63) is 59.7 Å². The van der Waals surface area contributed by atoms with E-state index >= 15 is 0 Å². The average Bonchev–Trinajstić information content (AvgIpc) is 2.64. The molecule has 29 heavy (non-hydrogen) atoms. The molecule has 7 heteroatoms. The molecule has 156 valence electrons. The third-order valence-electron chi connectivity index (χ3n) is 4.76. The van der Waals surface area contributed by atoms with Crippen LogP contribution >= 0.6 is 12.4 Å². The Morgan fingerprint density at radius 3 is 2.48 bits per heavy atom. The molecule has 1 aliphatic heterocycles. The van der Waals surface area contributed by atoms with Crippen LogP contribution in [0.5, 0.6) is 5.75 Å². The van der Waals surface area contributed by atoms with Crippen LogP contribution in [-0.4, -0.2) is 31.5 Å². The summed E-state index contributed by atoms with van der Waals surface area (Å²) in [5.74, 6) is 1.00. The molecule has 0 bridgehead atoms. The van der Waals surface area contributed by atoms with Gasteiger partial charge in [-0.25, -0.2) is 0 Å². The molecule has 0 saturated carbocycles. The lowest BCUT2D eigenvalue weighted by molar-refractivity contribution is -0.126. The molecule has 0 atom stereocenters. The Morgan fingerprint density at radius 1 is 1.10 bits per heavy atom. The minimum Gasteiger partial charge on any atom is -0.493 e. The highest BCUT2D eigenvalue weighted by atomic mass is 35.5. The van der Waals surface area contributed by atoms with E-state index in [9.17, 15) is 9.59 Å². The van der Waals surface area contributed by atoms with E-state index in [1.807, 2.05) is 55.5 Å². The summed E-state index contributed by atoms with van der Waals surface area (Å²) >= 11 is 0. The van der Waals surface area contributed by atoms with Gasteiger partial charge in [0, 0.05) is 31.7 Å². The van der Waals surface area contributed by atoms with Crippen LogP contribution in [0, 0.1) is 12.8 Å². The van der Waals surface area contributed by atoms with Crippen molar-refractivity contribution in [2.24, 2.45) is 5.92 Å². The molecule has 1 aliphatic rings. The number of carbonyl (C=O) groups excluding carboxylic acids is 2. The van der Waals surface area contributed by atoms with Gasteiger partial charge in [0.05, 0.1) is 12.5 Å². The number of anilines is 1. The van der Waals surface area contributed by atoms with Crippen molar-refractivity contribution in [1.82, 2.24) is 10.6 Å². The second kappa shape index (κ2) is 11.4. The number of nitrogens with one attached hydrogen (secondary N) is 3. The third-order valence-corrected chi connectivity index (χ3v) is 4.76. The van der Waals surface area contributed by atoms with Gasteiger partial charge in [0.15, 0.2) is 0 Å². The highest BCUT2D eigenvalue weighted by Gasteiger charge is 2.24. The maximum Gasteiger partial charge on any atom is 0.225 e. The molecule has 0 aliphatic carbocycles. The zero-order valence-corrected chi connectivity index (χ0v) is 17.4. The summed E-state index contributed by atoms with van der Waals surface area (Å²) in [6, 6.07) is 15.4. The van der Waals surface area contributed by atoms with Gasteiger partial charge in [0.25, 0.3) is 0 Å². The van der Waals surface area contributed by atoms with E-state index in [0.29, 0.717) is 26.0 Å². The number of amides is 2. The first kappa shape index (κ1) is 22.7. The minimum atomic E-state index is -0.0353. The maximum atomic E-state index is 12.1. The Morgan fingerprint density at radius 2 is 1.83 bits per heavy atom. The standard InChI is InChI=1S/C22H27N3O3.ClH/c1-16-5-2-3-6-20(16)28-12-4-7-21(26)25-19-10-8-17(9-11-19)13-24-22(27)18-14-23-15-18;/h2-3,5-6,8-11,18,23H,4,7,12-15H2,1H3,(H,24,27)(H,25,26);1H. The van der Waals surface area contributed by atoms with Crippen LogP contribution < -0.4 is 20.7 Å². The van der Waals surface area contributed by atoms with Crippen LogP contribution in [0.4, 0.5) is 5.69 Å². The van der Waals surface area contributed by atoms with Crippen molar-refractivity contribution in [1.29, 1.82) is 0 Å². The smallest absolute Gasteiger partial charge is 0.225 e. The van der Waals surface area contributed by atoms with Gasteiger partial charge in [-0.1, -0.05) is 30.3 Å². The van der Waals surface area contributed by atoms with E-state index in [2.05, 4.69) is 16.0 Å². The molecule has 6 nitrogen and oxygen atoms in total. The van der Waals surface area contributed by atoms with E-state index in [0.717, 1.165) is 35.7 Å². The zero-order valence-electron chi connectivity index (χ0n) is 16.6. The normalized spacial score (nSPS) is 13.0. The summed E-state index contributed by atoms with van der Waals surface area (Å²) in [6.07, 6.45) is 1.05. The fourth-order valence-electron chi connectivity index (χ4n) is 2.87. The first-order valence-electron chi connectivity index (χ1n) is 9.67. The molecule has 0 spiro atoms. The number of aryl methyl sites for hydroxylation is 1. The largest absolute Gasteiger partial charge is 0.493 e. The summed E-state index contributed by atoms with van der Waals surface area (Å²) < 4.78 is 5.71. The van der Waals surface area contributed by atoms with Gasteiger partial charge in [-0.3, -0.25) is 9.59 Å². The molecular formula is C22H28ClN3O3. The molecule has 2 aromatic rings. The lowest BCUT2D eigenvalue weighted by Crippen LogP contribution is -2.50. The second-order valence-electron chi connectivity index (χ2n) is 7.04. The fourth-order valence-corrected chi connectivity index (χ4v) is 2.87. The molecular weight excluding hydrogens is 390 g/mol. The van der Waals surface area contributed by atoms with Gasteiger partial charge in [0.1, 0.15) is 5.75 Å². The van der Waals surface area contributed by atoms with Crippen LogP contribution in [0.2, 0.25) is 0 Å². The van der Waals surface area contributed by atoms with Crippen LogP contribution in [0.1, 0.15) is 24.0 Å². The van der Waals surface area contributed by atoms with Gasteiger partial charge in [-0.05, 0) is 42.7 Å². The molecule has 1 heterocycles. The van der Waals surface area contributed by atoms with Crippen LogP contribution in [0.3, 0.4) is 0 Å². The van der Waals surface area contributed by atoms with E-state index in [4.69, 9.17) is 4.74 Å². The molecule has 1 saturated heterocycles. The second-order valence-corrected chi connectivity index (χ2v) is 7.04. The first-order valence-corrected chi connectivity index (χ1v) is 9.67. The van der Waals surface area contributed by atoms with E-state index in [-0.39, 0.29) is 30.1 Å². The Labute approximate surface area is 177 Å². The molecule has 2 aromatic carbocycles. The van der Waals surface area contributed by atoms with E-state index in [1.165, 1.54) is 0 Å². The maximum absolute atomic E-state index is 12.1. The fraction of sp³-hybridized carbons (Fsp3) is 0.364. The van der Waals surface area contributed by atoms with Crippen molar-refractivity contribution in [3.63, 3.8) is 0 Å². The van der Waals surface area contributed by atoms with Gasteiger partial charge in [-0.2, -0.15) is 0 Å². The molecule has 1 fully saturated rings. The third kappa shape index (κ3) is 7.07. The Bertz CT molecular complexity index is 807. The monoisotopic (exact) mass is 417 g/mol. The van der Waals surface area contributed by atoms with Crippen LogP contribution in [0.15, 0.2) is 48.5 Å². The Balaban J connectivity index is 0.00000300. The van der Waals surface area contributed by atoms with Gasteiger partial charge in [-0.15, -0.1) is 12.4 Å². The van der Waals surface area contributed by atoms with Crippen molar-refractivity contribution >= 4 is 29.9 Å². The van der Waals surface area contributed by atoms with Crippen LogP contribution in [-0.2, 0) is 16.1 Å². The highest BCUT2D eigenvalue weighted by molar-refractivity contribution is 5.90. The minimum absolute atomic E-state index is 0. The Hall–Kier alpha value is -2.57. The van der Waals surface area contributed by atoms with Crippen molar-refractivity contribution in [2.45, 2.75) is 26.3 Å². The number of ether oxygens (including phenoxy) is 1. The van der Waals surface area contributed by atoms with Gasteiger partial charge < -0.3 is 20.7 Å². The topological polar surface area (TPSA) is 79.5 Å². The summed E-state index contributed by atoms with van der Waals surface area (Å²) in [7, 11) is 0. The highest BCUT2D eigenvalue weighted by Crippen LogP contribution is 2.16. The molecule has 0 unspecified atom stereocenters. The summed E-state index contributed by atoms with van der Waals surface area (Å²) in [5, 5.41) is 8.91. The molecule has 3 rings (SSSR count). The quantitative estimate of drug-likeness (QED) is 0.548. The molecule has 3 N–H and O–H groups in total. The predicted octanol–water partition coefficient (Wildman–Crippen LogP) is 3.05. The summed E-state index contributed by atoms with van der Waals surface area (Å²) in [6.45, 7) is 4.52. The number of rotatable bonds is 9. The number of hydrogen-bond donors (Lipinski definition) is 3. The Kier molecular flexibility index (Phi) is 8.96.